The zero-order valence-electron chi connectivity index (χ0n) is 15.1. The van der Waals surface area contributed by atoms with E-state index in [1.54, 1.807) is 12.1 Å². The van der Waals surface area contributed by atoms with Crippen molar-refractivity contribution < 1.29 is 9.72 Å². The molecule has 1 amide bonds. The highest BCUT2D eigenvalue weighted by atomic mass is 32.1. The van der Waals surface area contributed by atoms with Gasteiger partial charge in [-0.1, -0.05) is 6.92 Å². The van der Waals surface area contributed by atoms with Gasteiger partial charge in [0.1, 0.15) is 5.69 Å². The van der Waals surface area contributed by atoms with Crippen LogP contribution in [0.2, 0.25) is 0 Å². The van der Waals surface area contributed by atoms with Crippen molar-refractivity contribution in [2.24, 2.45) is 5.92 Å². The molecular formula is C18H22N4O3S. The summed E-state index contributed by atoms with van der Waals surface area (Å²) in [5.41, 5.74) is 1.68. The average Bonchev–Trinajstić information content (AvgIpc) is 2.91. The first-order valence-electron chi connectivity index (χ1n) is 8.64. The zero-order chi connectivity index (χ0) is 18.8. The SMILES string of the molecule is Cc1nc(NC(=O)c2ccc(N3CCCC(C)C3)c([N+](=O)[O-])c2)sc1C. The second kappa shape index (κ2) is 7.41. The van der Waals surface area contributed by atoms with Crippen molar-refractivity contribution in [2.45, 2.75) is 33.6 Å². The lowest BCUT2D eigenvalue weighted by atomic mass is 9.99. The molecule has 8 heteroatoms. The molecule has 1 aliphatic rings. The summed E-state index contributed by atoms with van der Waals surface area (Å²) in [6.07, 6.45) is 2.15. The van der Waals surface area contributed by atoms with Gasteiger partial charge in [0.25, 0.3) is 11.6 Å². The number of carbonyl (C=O) groups excluding carboxylic acids is 1. The van der Waals surface area contributed by atoms with Gasteiger partial charge in [-0.3, -0.25) is 20.2 Å². The van der Waals surface area contributed by atoms with Crippen LogP contribution in [-0.4, -0.2) is 28.9 Å². The number of rotatable bonds is 4. The van der Waals surface area contributed by atoms with E-state index in [1.165, 1.54) is 17.4 Å². The molecule has 26 heavy (non-hydrogen) atoms. The number of aryl methyl sites for hydroxylation is 2. The fraction of sp³-hybridized carbons (Fsp3) is 0.444. The van der Waals surface area contributed by atoms with Gasteiger partial charge in [0.05, 0.1) is 10.6 Å². The number of amides is 1. The monoisotopic (exact) mass is 374 g/mol. The van der Waals surface area contributed by atoms with E-state index in [9.17, 15) is 14.9 Å². The number of piperidine rings is 1. The molecule has 1 aromatic heterocycles. The number of hydrogen-bond donors (Lipinski definition) is 1. The lowest BCUT2D eigenvalue weighted by molar-refractivity contribution is -0.384. The molecule has 0 radical (unpaired) electrons. The minimum Gasteiger partial charge on any atom is -0.366 e. The largest absolute Gasteiger partial charge is 0.366 e. The van der Waals surface area contributed by atoms with Crippen LogP contribution < -0.4 is 10.2 Å². The topological polar surface area (TPSA) is 88.4 Å². The van der Waals surface area contributed by atoms with E-state index in [4.69, 9.17) is 0 Å². The molecule has 7 nitrogen and oxygen atoms in total. The number of benzene rings is 1. The van der Waals surface area contributed by atoms with Gasteiger partial charge >= 0.3 is 0 Å². The highest BCUT2D eigenvalue weighted by Gasteiger charge is 2.25. The number of hydrogen-bond acceptors (Lipinski definition) is 6. The summed E-state index contributed by atoms with van der Waals surface area (Å²) in [6, 6.07) is 4.69. The van der Waals surface area contributed by atoms with E-state index in [0.29, 0.717) is 16.7 Å². The van der Waals surface area contributed by atoms with Crippen LogP contribution in [0.15, 0.2) is 18.2 Å². The molecule has 2 aromatic rings. The number of nitro benzene ring substituents is 1. The maximum absolute atomic E-state index is 12.5. The van der Waals surface area contributed by atoms with Crippen molar-refractivity contribution in [1.29, 1.82) is 0 Å². The quantitative estimate of drug-likeness (QED) is 0.641. The van der Waals surface area contributed by atoms with Gasteiger partial charge in [-0.15, -0.1) is 11.3 Å². The summed E-state index contributed by atoms with van der Waals surface area (Å²) in [5, 5.41) is 14.8. The third-order valence-corrected chi connectivity index (χ3v) is 5.67. The number of carbonyl (C=O) groups is 1. The molecule has 1 atom stereocenters. The number of anilines is 2. The van der Waals surface area contributed by atoms with Crippen LogP contribution in [0.25, 0.3) is 0 Å². The number of thiazole rings is 1. The minimum atomic E-state index is -0.414. The Morgan fingerprint density at radius 2 is 2.19 bits per heavy atom. The molecule has 1 unspecified atom stereocenters. The fourth-order valence-electron chi connectivity index (χ4n) is 3.18. The van der Waals surface area contributed by atoms with E-state index in [-0.39, 0.29) is 17.2 Å². The van der Waals surface area contributed by atoms with Crippen LogP contribution in [0.3, 0.4) is 0 Å². The van der Waals surface area contributed by atoms with Crippen LogP contribution in [0.5, 0.6) is 0 Å². The number of nitrogens with one attached hydrogen (secondary N) is 1. The Bertz CT molecular complexity index is 829. The van der Waals surface area contributed by atoms with E-state index in [0.717, 1.165) is 36.5 Å². The van der Waals surface area contributed by atoms with Crippen LogP contribution >= 0.6 is 11.3 Å². The van der Waals surface area contributed by atoms with Crippen LogP contribution in [0, 0.1) is 29.9 Å². The van der Waals surface area contributed by atoms with Gasteiger partial charge in [0, 0.05) is 29.6 Å². The molecule has 0 spiro atoms. The number of nitrogens with zero attached hydrogens (tertiary/aromatic N) is 3. The second-order valence-corrected chi connectivity index (χ2v) is 7.97. The van der Waals surface area contributed by atoms with Gasteiger partial charge in [-0.25, -0.2) is 4.98 Å². The Hall–Kier alpha value is -2.48. The maximum atomic E-state index is 12.5. The van der Waals surface area contributed by atoms with Gasteiger partial charge in [0.15, 0.2) is 5.13 Å². The Morgan fingerprint density at radius 3 is 2.81 bits per heavy atom. The van der Waals surface area contributed by atoms with Gasteiger partial charge in [-0.05, 0) is 44.7 Å². The molecule has 1 saturated heterocycles. The number of aromatic nitrogens is 1. The summed E-state index contributed by atoms with van der Waals surface area (Å²) >= 11 is 1.39. The Morgan fingerprint density at radius 1 is 1.42 bits per heavy atom. The smallest absolute Gasteiger partial charge is 0.293 e. The average molecular weight is 374 g/mol. The third-order valence-electron chi connectivity index (χ3n) is 4.68. The Labute approximate surface area is 156 Å². The molecule has 3 rings (SSSR count). The standard InChI is InChI=1S/C18H22N4O3S/c1-11-5-4-8-21(10-11)15-7-6-14(9-16(15)22(24)25)17(23)20-18-19-12(2)13(3)26-18/h6-7,9,11H,4-5,8,10H2,1-3H3,(H,19,20,23). The maximum Gasteiger partial charge on any atom is 0.293 e. The molecule has 1 aromatic carbocycles. The zero-order valence-corrected chi connectivity index (χ0v) is 15.9. The molecule has 1 N–H and O–H groups in total. The molecule has 1 fully saturated rings. The third kappa shape index (κ3) is 3.85. The highest BCUT2D eigenvalue weighted by Crippen LogP contribution is 2.32. The second-order valence-electron chi connectivity index (χ2n) is 6.77. The normalized spacial score (nSPS) is 17.2. The predicted octanol–water partition coefficient (Wildman–Crippen LogP) is 4.16. The molecule has 0 bridgehead atoms. The van der Waals surface area contributed by atoms with Crippen molar-refractivity contribution in [3.63, 3.8) is 0 Å². The van der Waals surface area contributed by atoms with Crippen LogP contribution in [0.1, 0.15) is 40.7 Å². The molecule has 0 aliphatic carbocycles. The highest BCUT2D eigenvalue weighted by molar-refractivity contribution is 7.15. The summed E-state index contributed by atoms with van der Waals surface area (Å²) in [7, 11) is 0. The first-order chi connectivity index (χ1) is 12.3. The Kier molecular flexibility index (Phi) is 5.22. The van der Waals surface area contributed by atoms with E-state index in [1.807, 2.05) is 18.7 Å². The first-order valence-corrected chi connectivity index (χ1v) is 9.45. The van der Waals surface area contributed by atoms with E-state index in [2.05, 4.69) is 17.2 Å². The van der Waals surface area contributed by atoms with Gasteiger partial charge < -0.3 is 4.90 Å². The first kappa shape index (κ1) is 18.3. The van der Waals surface area contributed by atoms with Crippen molar-refractivity contribution >= 4 is 33.8 Å². The van der Waals surface area contributed by atoms with Gasteiger partial charge in [-0.2, -0.15) is 0 Å². The van der Waals surface area contributed by atoms with Gasteiger partial charge in [0.2, 0.25) is 0 Å². The summed E-state index contributed by atoms with van der Waals surface area (Å²) < 4.78 is 0. The van der Waals surface area contributed by atoms with E-state index >= 15 is 0 Å². The lowest BCUT2D eigenvalue weighted by Crippen LogP contribution is -2.34. The number of nitro groups is 1. The summed E-state index contributed by atoms with van der Waals surface area (Å²) in [4.78, 5) is 31.0. The lowest BCUT2D eigenvalue weighted by Gasteiger charge is -2.32. The molecule has 2 heterocycles. The van der Waals surface area contributed by atoms with Crippen molar-refractivity contribution in [1.82, 2.24) is 4.98 Å². The molecule has 138 valence electrons. The predicted molar refractivity (Wildman–Crippen MR) is 103 cm³/mol. The summed E-state index contributed by atoms with van der Waals surface area (Å²) in [5.74, 6) is 0.114. The van der Waals surface area contributed by atoms with E-state index < -0.39 is 4.92 Å². The van der Waals surface area contributed by atoms with Crippen LogP contribution in [0.4, 0.5) is 16.5 Å². The van der Waals surface area contributed by atoms with Crippen molar-refractivity contribution in [3.8, 4) is 0 Å². The molecule has 0 saturated carbocycles. The van der Waals surface area contributed by atoms with Crippen molar-refractivity contribution in [3.05, 3.63) is 44.4 Å². The Balaban J connectivity index is 1.85. The van der Waals surface area contributed by atoms with Crippen LogP contribution in [-0.2, 0) is 0 Å². The molecular weight excluding hydrogens is 352 g/mol. The molecule has 1 aliphatic heterocycles. The minimum absolute atomic E-state index is 0.0294. The summed E-state index contributed by atoms with van der Waals surface area (Å²) in [6.45, 7) is 7.55. The fourth-order valence-corrected chi connectivity index (χ4v) is 3.99. The van der Waals surface area contributed by atoms with Crippen molar-refractivity contribution in [2.75, 3.05) is 23.3 Å².